The number of aliphatic hydroxyl groups is 2. The number of hydrogen-bond donors (Lipinski definition) is 2. The van der Waals surface area contributed by atoms with Crippen LogP contribution >= 0.6 is 0 Å². The van der Waals surface area contributed by atoms with Crippen molar-refractivity contribution in [2.24, 2.45) is 0 Å². The summed E-state index contributed by atoms with van der Waals surface area (Å²) in [5.41, 5.74) is 3.40. The second kappa shape index (κ2) is 8.40. The van der Waals surface area contributed by atoms with Gasteiger partial charge in [-0.1, -0.05) is 29.3 Å². The molecule has 0 aliphatic carbocycles. The Balaban J connectivity index is 2.58. The molecule has 0 heterocycles. The Morgan fingerprint density at radius 3 is 2.15 bits per heavy atom. The highest BCUT2D eigenvalue weighted by Crippen LogP contribution is 2.20. The van der Waals surface area contributed by atoms with E-state index in [4.69, 9.17) is 5.11 Å². The highest BCUT2D eigenvalue weighted by Gasteiger charge is 2.13. The van der Waals surface area contributed by atoms with Crippen LogP contribution in [0.5, 0.6) is 0 Å². The molecule has 2 N–H and O–H groups in total. The van der Waals surface area contributed by atoms with Crippen molar-refractivity contribution in [3.05, 3.63) is 34.9 Å². The normalized spacial score (nSPS) is 13.2. The molecule has 0 bridgehead atoms. The molecular weight excluding hydrogens is 250 g/mol. The van der Waals surface area contributed by atoms with Gasteiger partial charge in [0.05, 0.1) is 6.10 Å². The fourth-order valence-electron chi connectivity index (χ4n) is 2.56. The van der Waals surface area contributed by atoms with Gasteiger partial charge >= 0.3 is 0 Å². The largest absolute Gasteiger partial charge is 0.396 e. The minimum atomic E-state index is -0.413. The SMILES string of the molecule is Cc1cc(C)cc(C(O)CCN(CCCO)C(C)C)c1. The Labute approximate surface area is 123 Å². The lowest BCUT2D eigenvalue weighted by molar-refractivity contribution is 0.125. The highest BCUT2D eigenvalue weighted by atomic mass is 16.3. The zero-order valence-electron chi connectivity index (χ0n) is 13.3. The molecule has 3 nitrogen and oxygen atoms in total. The van der Waals surface area contributed by atoms with Gasteiger partial charge in [-0.15, -0.1) is 0 Å². The van der Waals surface area contributed by atoms with Gasteiger partial charge in [0.25, 0.3) is 0 Å². The van der Waals surface area contributed by atoms with E-state index in [1.165, 1.54) is 11.1 Å². The van der Waals surface area contributed by atoms with Gasteiger partial charge in [0.1, 0.15) is 0 Å². The van der Waals surface area contributed by atoms with Gasteiger partial charge in [-0.05, 0) is 46.1 Å². The van der Waals surface area contributed by atoms with E-state index < -0.39 is 6.10 Å². The predicted molar refractivity (Wildman–Crippen MR) is 83.9 cm³/mol. The zero-order chi connectivity index (χ0) is 15.1. The summed E-state index contributed by atoms with van der Waals surface area (Å²) in [5, 5.41) is 19.3. The molecule has 0 spiro atoms. The van der Waals surface area contributed by atoms with Crippen molar-refractivity contribution < 1.29 is 10.2 Å². The van der Waals surface area contributed by atoms with Gasteiger partial charge in [-0.3, -0.25) is 0 Å². The number of hydrogen-bond acceptors (Lipinski definition) is 3. The van der Waals surface area contributed by atoms with Crippen LogP contribution in [0.15, 0.2) is 18.2 Å². The predicted octanol–water partition coefficient (Wildman–Crippen LogP) is 2.82. The fraction of sp³-hybridized carbons (Fsp3) is 0.647. The Morgan fingerprint density at radius 2 is 1.65 bits per heavy atom. The summed E-state index contributed by atoms with van der Waals surface area (Å²) in [4.78, 5) is 2.31. The van der Waals surface area contributed by atoms with Crippen molar-refractivity contribution >= 4 is 0 Å². The van der Waals surface area contributed by atoms with E-state index in [9.17, 15) is 5.11 Å². The highest BCUT2D eigenvalue weighted by molar-refractivity contribution is 5.29. The molecule has 0 saturated heterocycles. The Hall–Kier alpha value is -0.900. The van der Waals surface area contributed by atoms with Crippen molar-refractivity contribution in [3.8, 4) is 0 Å². The first-order valence-electron chi connectivity index (χ1n) is 7.55. The summed E-state index contributed by atoms with van der Waals surface area (Å²) >= 11 is 0. The Bertz CT molecular complexity index is 384. The van der Waals surface area contributed by atoms with Gasteiger partial charge in [-0.25, -0.2) is 0 Å². The van der Waals surface area contributed by atoms with E-state index in [1.54, 1.807) is 0 Å². The Kier molecular flexibility index (Phi) is 7.20. The molecule has 0 aromatic heterocycles. The molecule has 0 fully saturated rings. The van der Waals surface area contributed by atoms with Crippen molar-refractivity contribution in [2.45, 2.75) is 52.7 Å². The summed E-state index contributed by atoms with van der Waals surface area (Å²) in [6.45, 7) is 10.4. The van der Waals surface area contributed by atoms with Crippen LogP contribution < -0.4 is 0 Å². The average molecular weight is 279 g/mol. The summed E-state index contributed by atoms with van der Waals surface area (Å²) < 4.78 is 0. The monoisotopic (exact) mass is 279 g/mol. The lowest BCUT2D eigenvalue weighted by Crippen LogP contribution is -2.34. The molecule has 0 aliphatic rings. The van der Waals surface area contributed by atoms with Gasteiger partial charge in [0.15, 0.2) is 0 Å². The minimum Gasteiger partial charge on any atom is -0.396 e. The molecule has 0 aliphatic heterocycles. The third-order valence-electron chi connectivity index (χ3n) is 3.65. The van der Waals surface area contributed by atoms with Crippen LogP contribution in [0.4, 0.5) is 0 Å². The second-order valence-electron chi connectivity index (χ2n) is 5.93. The van der Waals surface area contributed by atoms with Crippen LogP contribution in [0, 0.1) is 13.8 Å². The first-order chi connectivity index (χ1) is 9.43. The van der Waals surface area contributed by atoms with E-state index in [-0.39, 0.29) is 6.61 Å². The third kappa shape index (κ3) is 5.61. The van der Waals surface area contributed by atoms with Gasteiger partial charge in [-0.2, -0.15) is 0 Å². The summed E-state index contributed by atoms with van der Waals surface area (Å²) in [5.74, 6) is 0. The minimum absolute atomic E-state index is 0.225. The van der Waals surface area contributed by atoms with E-state index in [0.717, 1.165) is 31.5 Å². The molecule has 0 radical (unpaired) electrons. The van der Waals surface area contributed by atoms with Crippen LogP contribution in [-0.2, 0) is 0 Å². The lowest BCUT2D eigenvalue weighted by atomic mass is 10.0. The quantitative estimate of drug-likeness (QED) is 0.769. The topological polar surface area (TPSA) is 43.7 Å². The molecule has 0 amide bonds. The standard InChI is InChI=1S/C17H29NO2/c1-13(2)18(7-5-9-19)8-6-17(20)16-11-14(3)10-15(4)12-16/h10-13,17,19-20H,5-9H2,1-4H3. The summed E-state index contributed by atoms with van der Waals surface area (Å²) in [7, 11) is 0. The van der Waals surface area contributed by atoms with E-state index >= 15 is 0 Å². The maximum absolute atomic E-state index is 10.3. The zero-order valence-corrected chi connectivity index (χ0v) is 13.3. The number of aryl methyl sites for hydroxylation is 2. The molecule has 1 atom stereocenters. The molecule has 1 unspecified atom stereocenters. The van der Waals surface area contributed by atoms with E-state index in [0.29, 0.717) is 6.04 Å². The lowest BCUT2D eigenvalue weighted by Gasteiger charge is -2.27. The molecule has 20 heavy (non-hydrogen) atoms. The average Bonchev–Trinajstić information content (AvgIpc) is 2.36. The van der Waals surface area contributed by atoms with Crippen LogP contribution in [0.1, 0.15) is 49.5 Å². The smallest absolute Gasteiger partial charge is 0.0802 e. The maximum atomic E-state index is 10.3. The number of aliphatic hydroxyl groups excluding tert-OH is 2. The molecular formula is C17H29NO2. The van der Waals surface area contributed by atoms with E-state index in [1.807, 2.05) is 0 Å². The Morgan fingerprint density at radius 1 is 1.05 bits per heavy atom. The van der Waals surface area contributed by atoms with Gasteiger partial charge < -0.3 is 15.1 Å². The first kappa shape index (κ1) is 17.2. The van der Waals surface area contributed by atoms with Crippen molar-refractivity contribution in [2.75, 3.05) is 19.7 Å². The van der Waals surface area contributed by atoms with Crippen LogP contribution in [0.2, 0.25) is 0 Å². The fourth-order valence-corrected chi connectivity index (χ4v) is 2.56. The third-order valence-corrected chi connectivity index (χ3v) is 3.65. The molecule has 1 aromatic rings. The number of nitrogens with zero attached hydrogens (tertiary/aromatic N) is 1. The summed E-state index contributed by atoms with van der Waals surface area (Å²) in [6.07, 6.45) is 1.11. The molecule has 1 rings (SSSR count). The van der Waals surface area contributed by atoms with Gasteiger partial charge in [0, 0.05) is 25.7 Å². The first-order valence-corrected chi connectivity index (χ1v) is 7.55. The van der Waals surface area contributed by atoms with E-state index in [2.05, 4.69) is 50.8 Å². The number of rotatable bonds is 8. The molecule has 3 heteroatoms. The van der Waals surface area contributed by atoms with Crippen molar-refractivity contribution in [1.29, 1.82) is 0 Å². The molecule has 0 saturated carbocycles. The molecule has 1 aromatic carbocycles. The van der Waals surface area contributed by atoms with Crippen molar-refractivity contribution in [1.82, 2.24) is 4.90 Å². The van der Waals surface area contributed by atoms with Crippen LogP contribution in [0.25, 0.3) is 0 Å². The van der Waals surface area contributed by atoms with Crippen LogP contribution in [-0.4, -0.2) is 40.9 Å². The second-order valence-corrected chi connectivity index (χ2v) is 5.93. The molecule has 114 valence electrons. The number of benzene rings is 1. The summed E-state index contributed by atoms with van der Waals surface area (Å²) in [6, 6.07) is 6.68. The maximum Gasteiger partial charge on any atom is 0.0802 e. The van der Waals surface area contributed by atoms with Gasteiger partial charge in [0.2, 0.25) is 0 Å². The van der Waals surface area contributed by atoms with Crippen LogP contribution in [0.3, 0.4) is 0 Å². The van der Waals surface area contributed by atoms with Crippen molar-refractivity contribution in [3.63, 3.8) is 0 Å².